The number of likely N-dealkylation sites (tertiary alicyclic amines) is 1. The van der Waals surface area contributed by atoms with Crippen LogP contribution in [-0.4, -0.2) is 39.7 Å². The number of nitrogens with two attached hydrogens (primary N) is 1. The molecule has 2 heterocycles. The first-order chi connectivity index (χ1) is 13.4. The number of amides is 1. The summed E-state index contributed by atoms with van der Waals surface area (Å²) < 4.78 is 29.5. The van der Waals surface area contributed by atoms with E-state index in [1.807, 2.05) is 11.8 Å². The topological polar surface area (TPSA) is 64.2 Å². The van der Waals surface area contributed by atoms with E-state index in [1.54, 1.807) is 0 Å². The highest BCUT2D eigenvalue weighted by atomic mass is 19.2. The number of carbonyl (C=O) groups is 1. The van der Waals surface area contributed by atoms with Crippen molar-refractivity contribution in [2.24, 2.45) is 17.6 Å². The maximum atomic E-state index is 14.4. The molecule has 3 unspecified atom stereocenters. The number of aromatic nitrogens is 2. The molecular weight excluding hydrogens is 362 g/mol. The molecule has 2 aliphatic rings. The zero-order valence-electron chi connectivity index (χ0n) is 16.3. The molecule has 3 atom stereocenters. The van der Waals surface area contributed by atoms with Gasteiger partial charge >= 0.3 is 0 Å². The van der Waals surface area contributed by atoms with Crippen molar-refractivity contribution in [3.8, 4) is 5.69 Å². The fraction of sp³-hybridized carbons (Fsp3) is 0.524. The first kappa shape index (κ1) is 19.1. The first-order valence-electron chi connectivity index (χ1n) is 9.98. The molecule has 0 spiro atoms. The predicted octanol–water partition coefficient (Wildman–Crippen LogP) is 3.08. The van der Waals surface area contributed by atoms with Crippen LogP contribution in [0.5, 0.6) is 0 Å². The van der Waals surface area contributed by atoms with Crippen molar-refractivity contribution in [3.05, 3.63) is 46.8 Å². The van der Waals surface area contributed by atoms with E-state index in [0.717, 1.165) is 36.6 Å². The van der Waals surface area contributed by atoms with Crippen molar-refractivity contribution < 1.29 is 13.6 Å². The third-order valence-corrected chi connectivity index (χ3v) is 6.34. The Morgan fingerprint density at radius 2 is 2.07 bits per heavy atom. The molecule has 0 saturated carbocycles. The van der Waals surface area contributed by atoms with Crippen molar-refractivity contribution in [1.82, 2.24) is 14.7 Å². The third-order valence-electron chi connectivity index (χ3n) is 6.34. The van der Waals surface area contributed by atoms with E-state index in [2.05, 4.69) is 12.0 Å². The third kappa shape index (κ3) is 3.02. The monoisotopic (exact) mass is 388 g/mol. The molecule has 0 radical (unpaired) electrons. The summed E-state index contributed by atoms with van der Waals surface area (Å²) >= 11 is 0. The van der Waals surface area contributed by atoms with Gasteiger partial charge in [0, 0.05) is 23.8 Å². The second-order valence-corrected chi connectivity index (χ2v) is 8.13. The maximum Gasteiger partial charge on any atom is 0.274 e. The lowest BCUT2D eigenvalue weighted by molar-refractivity contribution is 0.0462. The van der Waals surface area contributed by atoms with E-state index in [4.69, 9.17) is 5.73 Å². The molecule has 1 saturated heterocycles. The van der Waals surface area contributed by atoms with Gasteiger partial charge in [-0.3, -0.25) is 4.79 Å². The van der Waals surface area contributed by atoms with Crippen LogP contribution in [-0.2, 0) is 12.8 Å². The summed E-state index contributed by atoms with van der Waals surface area (Å²) in [6, 6.07) is 4.13. The van der Waals surface area contributed by atoms with Crippen molar-refractivity contribution in [2.75, 3.05) is 13.1 Å². The predicted molar refractivity (Wildman–Crippen MR) is 102 cm³/mol. The lowest BCUT2D eigenvalue weighted by Crippen LogP contribution is -2.50. The van der Waals surface area contributed by atoms with E-state index < -0.39 is 11.6 Å². The average molecular weight is 388 g/mol. The summed E-state index contributed by atoms with van der Waals surface area (Å²) in [4.78, 5) is 15.2. The lowest BCUT2D eigenvalue weighted by Gasteiger charge is -2.41. The SMILES string of the molecule is CC1CC(C)N(C(=O)c2nn(-c3cccc(F)c3F)c3c2CCC3)CC1CN. The Balaban J connectivity index is 1.73. The van der Waals surface area contributed by atoms with E-state index in [1.165, 1.54) is 16.8 Å². The minimum Gasteiger partial charge on any atom is -0.334 e. The highest BCUT2D eigenvalue weighted by Gasteiger charge is 2.37. The number of nitrogens with zero attached hydrogens (tertiary/aromatic N) is 3. The van der Waals surface area contributed by atoms with Gasteiger partial charge < -0.3 is 10.6 Å². The van der Waals surface area contributed by atoms with E-state index in [9.17, 15) is 13.6 Å². The number of benzene rings is 1. The van der Waals surface area contributed by atoms with Crippen molar-refractivity contribution in [3.63, 3.8) is 0 Å². The first-order valence-corrected chi connectivity index (χ1v) is 9.98. The summed E-state index contributed by atoms with van der Waals surface area (Å²) in [5.41, 5.74) is 8.00. The Hall–Kier alpha value is -2.28. The molecule has 1 aliphatic carbocycles. The molecule has 28 heavy (non-hydrogen) atoms. The fourth-order valence-electron chi connectivity index (χ4n) is 4.66. The van der Waals surface area contributed by atoms with Crippen molar-refractivity contribution in [1.29, 1.82) is 0 Å². The minimum absolute atomic E-state index is 0.0531. The van der Waals surface area contributed by atoms with Gasteiger partial charge in [0.05, 0.1) is 0 Å². The van der Waals surface area contributed by atoms with Crippen LogP contribution in [0.3, 0.4) is 0 Å². The number of rotatable bonds is 3. The Kier molecular flexibility index (Phi) is 4.95. The maximum absolute atomic E-state index is 14.4. The molecule has 4 rings (SSSR count). The molecule has 1 amide bonds. The number of fused-ring (bicyclic) bond motifs is 1. The number of piperidine rings is 1. The van der Waals surface area contributed by atoms with Crippen LogP contribution in [0, 0.1) is 23.5 Å². The Labute approximate surface area is 163 Å². The summed E-state index contributed by atoms with van der Waals surface area (Å²) in [5.74, 6) is -1.27. The van der Waals surface area contributed by atoms with Gasteiger partial charge in [-0.05, 0) is 63.1 Å². The second-order valence-electron chi connectivity index (χ2n) is 8.13. The Morgan fingerprint density at radius 1 is 1.29 bits per heavy atom. The summed E-state index contributed by atoms with van der Waals surface area (Å²) in [5, 5.41) is 4.47. The van der Waals surface area contributed by atoms with E-state index in [0.29, 0.717) is 31.1 Å². The molecule has 1 aliphatic heterocycles. The average Bonchev–Trinajstić information content (AvgIpc) is 3.26. The molecule has 1 aromatic heterocycles. The van der Waals surface area contributed by atoms with Gasteiger partial charge in [-0.2, -0.15) is 5.10 Å². The number of carbonyl (C=O) groups excluding carboxylic acids is 1. The second kappa shape index (κ2) is 7.28. The smallest absolute Gasteiger partial charge is 0.274 e. The lowest BCUT2D eigenvalue weighted by atomic mass is 9.83. The molecule has 2 aromatic rings. The Bertz CT molecular complexity index is 910. The van der Waals surface area contributed by atoms with Gasteiger partial charge in [-0.25, -0.2) is 13.5 Å². The molecule has 1 aromatic carbocycles. The van der Waals surface area contributed by atoms with Crippen LogP contribution in [0.15, 0.2) is 18.2 Å². The quantitative estimate of drug-likeness (QED) is 0.879. The largest absolute Gasteiger partial charge is 0.334 e. The Morgan fingerprint density at radius 3 is 2.82 bits per heavy atom. The van der Waals surface area contributed by atoms with Crippen LogP contribution in [0.2, 0.25) is 0 Å². The van der Waals surface area contributed by atoms with Gasteiger partial charge in [-0.1, -0.05) is 13.0 Å². The molecule has 2 N–H and O–H groups in total. The zero-order valence-corrected chi connectivity index (χ0v) is 16.3. The molecule has 0 bridgehead atoms. The van der Waals surface area contributed by atoms with E-state index >= 15 is 0 Å². The highest BCUT2D eigenvalue weighted by molar-refractivity contribution is 5.94. The molecule has 150 valence electrons. The van der Waals surface area contributed by atoms with Crippen LogP contribution in [0.25, 0.3) is 5.69 Å². The molecule has 7 heteroatoms. The number of hydrogen-bond acceptors (Lipinski definition) is 3. The van der Waals surface area contributed by atoms with Gasteiger partial charge in [0.15, 0.2) is 17.3 Å². The van der Waals surface area contributed by atoms with Crippen molar-refractivity contribution in [2.45, 2.75) is 45.6 Å². The minimum atomic E-state index is -0.943. The highest BCUT2D eigenvalue weighted by Crippen LogP contribution is 2.32. The normalized spacial score (nSPS) is 24.5. The number of halogens is 2. The van der Waals surface area contributed by atoms with Crippen LogP contribution < -0.4 is 5.73 Å². The van der Waals surface area contributed by atoms with Crippen LogP contribution >= 0.6 is 0 Å². The van der Waals surface area contributed by atoms with Gasteiger partial charge in [0.25, 0.3) is 5.91 Å². The summed E-state index contributed by atoms with van der Waals surface area (Å²) in [6.07, 6.45) is 3.20. The summed E-state index contributed by atoms with van der Waals surface area (Å²) in [6.45, 7) is 5.37. The van der Waals surface area contributed by atoms with Crippen LogP contribution in [0.1, 0.15) is 48.4 Å². The van der Waals surface area contributed by atoms with Gasteiger partial charge in [0.1, 0.15) is 5.69 Å². The number of hydrogen-bond donors (Lipinski definition) is 1. The standard InChI is InChI=1S/C21H26F2N4O/c1-12-9-13(2)26(11-14(12)10-24)21(28)20-15-5-3-7-17(15)27(25-20)18-8-4-6-16(22)19(18)23/h4,6,8,12-14H,3,5,7,9-11,24H2,1-2H3. The van der Waals surface area contributed by atoms with Crippen molar-refractivity contribution >= 4 is 5.91 Å². The molecule has 1 fully saturated rings. The molecular formula is C21H26F2N4O. The van der Waals surface area contributed by atoms with E-state index in [-0.39, 0.29) is 23.6 Å². The van der Waals surface area contributed by atoms with Crippen LogP contribution in [0.4, 0.5) is 8.78 Å². The summed E-state index contributed by atoms with van der Waals surface area (Å²) in [7, 11) is 0. The fourth-order valence-corrected chi connectivity index (χ4v) is 4.66. The van der Waals surface area contributed by atoms with Gasteiger partial charge in [-0.15, -0.1) is 0 Å². The molecule has 5 nitrogen and oxygen atoms in total. The van der Waals surface area contributed by atoms with Gasteiger partial charge in [0.2, 0.25) is 0 Å². The zero-order chi connectivity index (χ0) is 20.0.